The van der Waals surface area contributed by atoms with Gasteiger partial charge in [-0.1, -0.05) is 45.0 Å². The van der Waals surface area contributed by atoms with Crippen molar-refractivity contribution in [3.8, 4) is 0 Å². The Balaban J connectivity index is 1.54. The standard InChI is InChI=1S/C27H32N4O4/c1-27(2,3)26-22(21-12-11-20(31(34)35)17-23(21)28-26)14-16-30-15-4-5-24(30)19-9-6-18(7-10-19)8-13-25(32)29-33/h6-13,17,24,28,33H,4-5,14-16H2,1-3H3,(H,29,32)/b13-8+. The summed E-state index contributed by atoms with van der Waals surface area (Å²) in [5.41, 5.74) is 6.90. The van der Waals surface area contributed by atoms with E-state index in [1.54, 1.807) is 23.7 Å². The summed E-state index contributed by atoms with van der Waals surface area (Å²) in [7, 11) is 0. The van der Waals surface area contributed by atoms with Gasteiger partial charge in [0.25, 0.3) is 11.6 Å². The van der Waals surface area contributed by atoms with Crippen LogP contribution in [0.15, 0.2) is 48.5 Å². The maximum Gasteiger partial charge on any atom is 0.271 e. The van der Waals surface area contributed by atoms with E-state index in [1.165, 1.54) is 17.2 Å². The van der Waals surface area contributed by atoms with Gasteiger partial charge in [0.1, 0.15) is 0 Å². The van der Waals surface area contributed by atoms with E-state index < -0.39 is 5.91 Å². The Morgan fingerprint density at radius 3 is 2.66 bits per heavy atom. The van der Waals surface area contributed by atoms with Gasteiger partial charge < -0.3 is 4.98 Å². The summed E-state index contributed by atoms with van der Waals surface area (Å²) >= 11 is 0. The Morgan fingerprint density at radius 1 is 1.26 bits per heavy atom. The first-order chi connectivity index (χ1) is 16.7. The zero-order valence-electron chi connectivity index (χ0n) is 20.4. The molecule has 1 aliphatic heterocycles. The molecule has 1 aromatic heterocycles. The third-order valence-corrected chi connectivity index (χ3v) is 6.72. The summed E-state index contributed by atoms with van der Waals surface area (Å²) in [6.07, 6.45) is 6.04. The number of fused-ring (bicyclic) bond motifs is 1. The van der Waals surface area contributed by atoms with Gasteiger partial charge in [-0.15, -0.1) is 0 Å². The van der Waals surface area contributed by atoms with Crippen LogP contribution in [0.3, 0.4) is 0 Å². The monoisotopic (exact) mass is 476 g/mol. The number of rotatable bonds is 7. The molecule has 4 rings (SSSR count). The van der Waals surface area contributed by atoms with Crippen molar-refractivity contribution in [2.24, 2.45) is 0 Å². The molecule has 8 nitrogen and oxygen atoms in total. The average Bonchev–Trinajstić information content (AvgIpc) is 3.45. The van der Waals surface area contributed by atoms with Gasteiger partial charge in [0.05, 0.1) is 10.4 Å². The highest BCUT2D eigenvalue weighted by atomic mass is 16.6. The number of likely N-dealkylation sites (tertiary alicyclic amines) is 1. The van der Waals surface area contributed by atoms with Gasteiger partial charge in [-0.2, -0.15) is 0 Å². The second-order valence-electron chi connectivity index (χ2n) is 10.1. The number of nitrogens with zero attached hydrogens (tertiary/aromatic N) is 2. The minimum absolute atomic E-state index is 0.0978. The zero-order valence-corrected chi connectivity index (χ0v) is 20.4. The number of carbonyl (C=O) groups excluding carboxylic acids is 1. The number of carbonyl (C=O) groups is 1. The number of nitrogens with one attached hydrogen (secondary N) is 2. The molecule has 0 saturated carbocycles. The normalized spacial score (nSPS) is 16.9. The Hall–Kier alpha value is -3.49. The molecule has 35 heavy (non-hydrogen) atoms. The number of amides is 1. The summed E-state index contributed by atoms with van der Waals surface area (Å²) in [6, 6.07) is 13.6. The quantitative estimate of drug-likeness (QED) is 0.186. The Bertz CT molecular complexity index is 1250. The minimum Gasteiger partial charge on any atom is -0.358 e. The van der Waals surface area contributed by atoms with Crippen LogP contribution < -0.4 is 5.48 Å². The minimum atomic E-state index is -0.558. The van der Waals surface area contributed by atoms with E-state index in [4.69, 9.17) is 5.21 Å². The molecule has 0 spiro atoms. The number of nitro groups is 1. The highest BCUT2D eigenvalue weighted by Crippen LogP contribution is 2.36. The van der Waals surface area contributed by atoms with Gasteiger partial charge in [-0.3, -0.25) is 25.0 Å². The molecular formula is C27H32N4O4. The fourth-order valence-corrected chi connectivity index (χ4v) is 5.02. The Labute approximate surface area is 204 Å². The van der Waals surface area contributed by atoms with Crippen molar-refractivity contribution in [1.82, 2.24) is 15.4 Å². The number of hydrogen-bond acceptors (Lipinski definition) is 5. The molecule has 3 aromatic rings. The molecule has 8 heteroatoms. The van der Waals surface area contributed by atoms with Crippen molar-refractivity contribution in [1.29, 1.82) is 0 Å². The molecule has 0 aliphatic carbocycles. The first-order valence-corrected chi connectivity index (χ1v) is 11.9. The number of hydroxylamine groups is 1. The first-order valence-electron chi connectivity index (χ1n) is 11.9. The number of H-pyrrole nitrogens is 1. The maximum absolute atomic E-state index is 11.3. The van der Waals surface area contributed by atoms with Crippen LogP contribution in [-0.2, 0) is 16.6 Å². The third kappa shape index (κ3) is 5.44. The van der Waals surface area contributed by atoms with Crippen molar-refractivity contribution >= 4 is 28.6 Å². The first kappa shape index (κ1) is 24.6. The lowest BCUT2D eigenvalue weighted by Gasteiger charge is -2.26. The van der Waals surface area contributed by atoms with Crippen LogP contribution in [0.25, 0.3) is 17.0 Å². The van der Waals surface area contributed by atoms with E-state index >= 15 is 0 Å². The maximum atomic E-state index is 11.3. The molecule has 0 bridgehead atoms. The van der Waals surface area contributed by atoms with Crippen LogP contribution in [-0.4, -0.2) is 39.0 Å². The molecule has 1 atom stereocenters. The van der Waals surface area contributed by atoms with E-state index in [2.05, 4.69) is 42.8 Å². The summed E-state index contributed by atoms with van der Waals surface area (Å²) in [4.78, 5) is 28.1. The van der Waals surface area contributed by atoms with Crippen molar-refractivity contribution in [2.75, 3.05) is 13.1 Å². The predicted molar refractivity (Wildman–Crippen MR) is 136 cm³/mol. The highest BCUT2D eigenvalue weighted by Gasteiger charge is 2.28. The Morgan fingerprint density at radius 2 is 2.00 bits per heavy atom. The molecule has 184 valence electrons. The van der Waals surface area contributed by atoms with Crippen molar-refractivity contribution < 1.29 is 14.9 Å². The lowest BCUT2D eigenvalue weighted by atomic mass is 9.88. The van der Waals surface area contributed by atoms with E-state index in [9.17, 15) is 14.9 Å². The molecule has 2 heterocycles. The number of nitro benzene ring substituents is 1. The zero-order chi connectivity index (χ0) is 25.2. The fraction of sp³-hybridized carbons (Fsp3) is 0.370. The van der Waals surface area contributed by atoms with Crippen molar-refractivity contribution in [2.45, 2.75) is 51.5 Å². The second kappa shape index (κ2) is 10.0. The van der Waals surface area contributed by atoms with Crippen LogP contribution in [0.2, 0.25) is 0 Å². The largest absolute Gasteiger partial charge is 0.358 e. The number of aromatic nitrogens is 1. The molecule has 2 aromatic carbocycles. The number of aromatic amines is 1. The molecule has 0 radical (unpaired) electrons. The second-order valence-corrected chi connectivity index (χ2v) is 10.1. The molecule has 1 unspecified atom stereocenters. The van der Waals surface area contributed by atoms with Gasteiger partial charge in [0.2, 0.25) is 0 Å². The average molecular weight is 477 g/mol. The van der Waals surface area contributed by atoms with Crippen LogP contribution in [0.1, 0.15) is 62.0 Å². The lowest BCUT2D eigenvalue weighted by molar-refractivity contribution is -0.384. The molecule has 3 N–H and O–H groups in total. The predicted octanol–water partition coefficient (Wildman–Crippen LogP) is 5.27. The number of hydrogen-bond donors (Lipinski definition) is 3. The van der Waals surface area contributed by atoms with Crippen LogP contribution >= 0.6 is 0 Å². The fourth-order valence-electron chi connectivity index (χ4n) is 5.02. The van der Waals surface area contributed by atoms with Gasteiger partial charge in [0, 0.05) is 47.3 Å². The molecular weight excluding hydrogens is 444 g/mol. The molecule has 1 amide bonds. The lowest BCUT2D eigenvalue weighted by Crippen LogP contribution is -2.26. The topological polar surface area (TPSA) is 112 Å². The summed E-state index contributed by atoms with van der Waals surface area (Å²) in [6.45, 7) is 8.41. The smallest absolute Gasteiger partial charge is 0.271 e. The molecule has 1 saturated heterocycles. The van der Waals surface area contributed by atoms with Gasteiger partial charge in [0.15, 0.2) is 0 Å². The summed E-state index contributed by atoms with van der Waals surface area (Å²) in [5.74, 6) is -0.558. The van der Waals surface area contributed by atoms with Crippen molar-refractivity contribution in [3.63, 3.8) is 0 Å². The van der Waals surface area contributed by atoms with E-state index in [0.717, 1.165) is 54.5 Å². The van der Waals surface area contributed by atoms with Crippen LogP contribution in [0.5, 0.6) is 0 Å². The van der Waals surface area contributed by atoms with Gasteiger partial charge in [-0.05, 0) is 54.6 Å². The van der Waals surface area contributed by atoms with E-state index in [0.29, 0.717) is 6.04 Å². The Kier molecular flexibility index (Phi) is 7.05. The molecule has 1 fully saturated rings. The van der Waals surface area contributed by atoms with E-state index in [-0.39, 0.29) is 16.0 Å². The highest BCUT2D eigenvalue weighted by molar-refractivity contribution is 5.90. The number of benzene rings is 2. The summed E-state index contributed by atoms with van der Waals surface area (Å²) in [5, 5.41) is 20.9. The molecule has 1 aliphatic rings. The third-order valence-electron chi connectivity index (χ3n) is 6.72. The van der Waals surface area contributed by atoms with Gasteiger partial charge in [-0.25, -0.2) is 5.48 Å². The van der Waals surface area contributed by atoms with Crippen molar-refractivity contribution in [3.05, 3.63) is 81.0 Å². The number of non-ortho nitro benzene ring substituents is 1. The van der Waals surface area contributed by atoms with E-state index in [1.807, 2.05) is 18.2 Å². The van der Waals surface area contributed by atoms with Gasteiger partial charge >= 0.3 is 0 Å². The summed E-state index contributed by atoms with van der Waals surface area (Å²) < 4.78 is 0. The SMILES string of the molecule is CC(C)(C)c1[nH]c2cc([N+](=O)[O-])ccc2c1CCN1CCCC1c1ccc(/C=C/C(=O)NO)cc1. The van der Waals surface area contributed by atoms with Crippen LogP contribution in [0, 0.1) is 10.1 Å². The van der Waals surface area contributed by atoms with Crippen LogP contribution in [0.4, 0.5) is 5.69 Å².